The van der Waals surface area contributed by atoms with Gasteiger partial charge in [-0.25, -0.2) is 9.37 Å². The van der Waals surface area contributed by atoms with Gasteiger partial charge in [0.25, 0.3) is 0 Å². The average molecular weight is 450 g/mol. The van der Waals surface area contributed by atoms with E-state index in [2.05, 4.69) is 10.3 Å². The first-order valence-corrected chi connectivity index (χ1v) is 11.1. The van der Waals surface area contributed by atoms with E-state index < -0.39 is 17.9 Å². The zero-order chi connectivity index (χ0) is 23.2. The Balaban J connectivity index is 1.64. The smallest absolute Gasteiger partial charge is 0.229 e. The average Bonchev–Trinajstić information content (AvgIpc) is 2.80. The Kier molecular flexibility index (Phi) is 7.14. The van der Waals surface area contributed by atoms with Crippen LogP contribution >= 0.6 is 0 Å². The van der Waals surface area contributed by atoms with Crippen molar-refractivity contribution in [1.29, 1.82) is 0 Å². The van der Waals surface area contributed by atoms with E-state index in [0.29, 0.717) is 36.5 Å². The van der Waals surface area contributed by atoms with E-state index in [0.717, 1.165) is 30.8 Å². The van der Waals surface area contributed by atoms with E-state index in [1.165, 1.54) is 12.1 Å². The number of primary amides is 1. The topological polar surface area (TPSA) is 104 Å². The number of rotatable bonds is 8. The van der Waals surface area contributed by atoms with Crippen molar-refractivity contribution in [2.45, 2.75) is 31.3 Å². The molecule has 1 saturated heterocycles. The van der Waals surface area contributed by atoms with Gasteiger partial charge in [-0.1, -0.05) is 24.3 Å². The molecule has 4 N–H and O–H groups in total. The van der Waals surface area contributed by atoms with Crippen molar-refractivity contribution in [3.63, 3.8) is 0 Å². The van der Waals surface area contributed by atoms with Crippen LogP contribution in [-0.2, 0) is 11.2 Å². The van der Waals surface area contributed by atoms with Crippen molar-refractivity contribution >= 4 is 17.5 Å². The highest BCUT2D eigenvalue weighted by Gasteiger charge is 2.26. The van der Waals surface area contributed by atoms with Gasteiger partial charge in [0.15, 0.2) is 0 Å². The quantitative estimate of drug-likeness (QED) is 0.489. The number of β-amino-alcohol motifs (C(OH)–C–C–N with tert-alkyl or cyclic N) is 1. The Labute approximate surface area is 192 Å². The number of amides is 1. The first-order valence-electron chi connectivity index (χ1n) is 11.1. The summed E-state index contributed by atoms with van der Waals surface area (Å²) in [6.07, 6.45) is 5.12. The highest BCUT2D eigenvalue weighted by molar-refractivity contribution is 5.87. The van der Waals surface area contributed by atoms with Crippen LogP contribution < -0.4 is 16.0 Å². The van der Waals surface area contributed by atoms with E-state index in [1.54, 1.807) is 24.5 Å². The van der Waals surface area contributed by atoms with E-state index in [1.807, 2.05) is 29.2 Å². The summed E-state index contributed by atoms with van der Waals surface area (Å²) < 4.78 is 13.5. The second-order valence-electron chi connectivity index (χ2n) is 8.28. The lowest BCUT2D eigenvalue weighted by atomic mass is 9.92. The molecule has 1 fully saturated rings. The second-order valence-corrected chi connectivity index (χ2v) is 8.28. The highest BCUT2D eigenvalue weighted by Crippen LogP contribution is 2.31. The summed E-state index contributed by atoms with van der Waals surface area (Å²) in [6.45, 7) is 1.80. The molecule has 0 saturated carbocycles. The number of halogens is 1. The fourth-order valence-electron chi connectivity index (χ4n) is 4.23. The van der Waals surface area contributed by atoms with E-state index >= 15 is 0 Å². The van der Waals surface area contributed by atoms with Gasteiger partial charge in [-0.3, -0.25) is 9.78 Å². The van der Waals surface area contributed by atoms with Crippen LogP contribution in [0.25, 0.3) is 0 Å². The fraction of sp³-hybridized carbons (Fsp3) is 0.320. The summed E-state index contributed by atoms with van der Waals surface area (Å²) in [5, 5.41) is 13.4. The molecular weight excluding hydrogens is 421 g/mol. The molecule has 1 aliphatic heterocycles. The third-order valence-corrected chi connectivity index (χ3v) is 5.84. The zero-order valence-corrected chi connectivity index (χ0v) is 18.3. The van der Waals surface area contributed by atoms with Crippen LogP contribution in [0.15, 0.2) is 60.9 Å². The van der Waals surface area contributed by atoms with E-state index in [-0.39, 0.29) is 5.82 Å². The monoisotopic (exact) mass is 449 g/mol. The normalized spacial score (nSPS) is 16.9. The van der Waals surface area contributed by atoms with Crippen LogP contribution in [0, 0.1) is 5.82 Å². The minimum Gasteiger partial charge on any atom is -0.391 e. The molecule has 2 aromatic heterocycles. The Hall–Kier alpha value is -3.52. The third kappa shape index (κ3) is 5.64. The number of piperidine rings is 1. The summed E-state index contributed by atoms with van der Waals surface area (Å²) >= 11 is 0. The minimum absolute atomic E-state index is 0.276. The number of hydrogen-bond donors (Lipinski definition) is 3. The number of benzene rings is 1. The number of nitrogens with two attached hydrogens (primary N) is 1. The minimum atomic E-state index is -0.719. The first-order chi connectivity index (χ1) is 16.0. The predicted molar refractivity (Wildman–Crippen MR) is 126 cm³/mol. The molecular formula is C25H28FN5O2. The lowest BCUT2D eigenvalue weighted by Crippen LogP contribution is -2.38. The van der Waals surface area contributed by atoms with Gasteiger partial charge in [0, 0.05) is 37.6 Å². The predicted octanol–water partition coefficient (Wildman–Crippen LogP) is 2.85. The molecule has 7 nitrogen and oxygen atoms in total. The van der Waals surface area contributed by atoms with Crippen LogP contribution in [0.4, 0.5) is 16.0 Å². The SMILES string of the molecule is NC(=O)C(c1cccnc1)c1ccc(N2CCC[C@H](O)C2)nc1NCCc1cccc(F)c1. The molecule has 3 heterocycles. The lowest BCUT2D eigenvalue weighted by molar-refractivity contribution is -0.118. The number of pyridine rings is 2. The van der Waals surface area contributed by atoms with Gasteiger partial charge >= 0.3 is 0 Å². The Morgan fingerprint density at radius 1 is 1.27 bits per heavy atom. The van der Waals surface area contributed by atoms with Gasteiger partial charge in [0.2, 0.25) is 5.91 Å². The van der Waals surface area contributed by atoms with Crippen molar-refractivity contribution < 1.29 is 14.3 Å². The number of carbonyl (C=O) groups is 1. The molecule has 8 heteroatoms. The number of anilines is 2. The van der Waals surface area contributed by atoms with Crippen LogP contribution in [-0.4, -0.2) is 46.7 Å². The Bertz CT molecular complexity index is 1100. The highest BCUT2D eigenvalue weighted by atomic mass is 19.1. The van der Waals surface area contributed by atoms with Crippen molar-refractivity contribution in [2.24, 2.45) is 5.73 Å². The standard InChI is InChI=1S/C25H28FN5O2/c26-19-6-1-4-17(14-19)10-12-29-25-21(23(24(27)33)18-5-2-11-28-15-18)8-9-22(30-25)31-13-3-7-20(32)16-31/h1-2,4-6,8-9,11,14-15,20,23,32H,3,7,10,12-13,16H2,(H2,27,33)(H,29,30)/t20-,23?/m0/s1. The summed E-state index contributed by atoms with van der Waals surface area (Å²) in [6, 6.07) is 13.8. The maximum atomic E-state index is 13.5. The summed E-state index contributed by atoms with van der Waals surface area (Å²) in [4.78, 5) is 23.5. The van der Waals surface area contributed by atoms with E-state index in [9.17, 15) is 14.3 Å². The van der Waals surface area contributed by atoms with Gasteiger partial charge in [0.1, 0.15) is 17.5 Å². The van der Waals surface area contributed by atoms with Gasteiger partial charge in [-0.2, -0.15) is 0 Å². The second kappa shape index (κ2) is 10.4. The first kappa shape index (κ1) is 22.7. The largest absolute Gasteiger partial charge is 0.391 e. The maximum Gasteiger partial charge on any atom is 0.229 e. The van der Waals surface area contributed by atoms with Gasteiger partial charge in [0.05, 0.1) is 12.0 Å². The number of aliphatic hydroxyl groups excluding tert-OH is 1. The molecule has 1 amide bonds. The molecule has 33 heavy (non-hydrogen) atoms. The molecule has 1 aliphatic rings. The number of hydrogen-bond acceptors (Lipinski definition) is 6. The lowest BCUT2D eigenvalue weighted by Gasteiger charge is -2.31. The number of aromatic nitrogens is 2. The van der Waals surface area contributed by atoms with Gasteiger partial charge in [-0.15, -0.1) is 0 Å². The molecule has 0 spiro atoms. The summed E-state index contributed by atoms with van der Waals surface area (Å²) in [5.41, 5.74) is 7.99. The third-order valence-electron chi connectivity index (χ3n) is 5.84. The molecule has 0 aliphatic carbocycles. The summed E-state index contributed by atoms with van der Waals surface area (Å²) in [7, 11) is 0. The number of nitrogens with zero attached hydrogens (tertiary/aromatic N) is 3. The van der Waals surface area contributed by atoms with Crippen molar-refractivity contribution in [1.82, 2.24) is 9.97 Å². The van der Waals surface area contributed by atoms with E-state index in [4.69, 9.17) is 10.7 Å². The maximum absolute atomic E-state index is 13.5. The fourth-order valence-corrected chi connectivity index (χ4v) is 4.23. The molecule has 1 aromatic carbocycles. The molecule has 0 bridgehead atoms. The van der Waals surface area contributed by atoms with Crippen LogP contribution in [0.5, 0.6) is 0 Å². The Morgan fingerprint density at radius 2 is 2.15 bits per heavy atom. The molecule has 4 rings (SSSR count). The zero-order valence-electron chi connectivity index (χ0n) is 18.3. The molecule has 1 unspecified atom stereocenters. The van der Waals surface area contributed by atoms with Crippen molar-refractivity contribution in [2.75, 3.05) is 29.9 Å². The van der Waals surface area contributed by atoms with Crippen molar-refractivity contribution in [3.05, 3.63) is 83.4 Å². The molecule has 172 valence electrons. The molecule has 2 atom stereocenters. The van der Waals surface area contributed by atoms with Gasteiger partial charge in [-0.05, 0) is 54.7 Å². The van der Waals surface area contributed by atoms with Crippen LogP contribution in [0.3, 0.4) is 0 Å². The Morgan fingerprint density at radius 3 is 2.88 bits per heavy atom. The van der Waals surface area contributed by atoms with Crippen LogP contribution in [0.2, 0.25) is 0 Å². The van der Waals surface area contributed by atoms with Crippen molar-refractivity contribution in [3.8, 4) is 0 Å². The molecule has 0 radical (unpaired) electrons. The number of carbonyl (C=O) groups excluding carboxylic acids is 1. The number of nitrogens with one attached hydrogen (secondary N) is 1. The van der Waals surface area contributed by atoms with Crippen LogP contribution in [0.1, 0.15) is 35.4 Å². The summed E-state index contributed by atoms with van der Waals surface area (Å²) in [5.74, 6) is -0.234. The molecule has 3 aromatic rings. The number of aliphatic hydroxyl groups is 1. The van der Waals surface area contributed by atoms with Gasteiger partial charge < -0.3 is 21.1 Å².